The lowest BCUT2D eigenvalue weighted by Gasteiger charge is -2.16. The van der Waals surface area contributed by atoms with Crippen LogP contribution in [0.2, 0.25) is 0 Å². The third-order valence-corrected chi connectivity index (χ3v) is 4.46. The first-order chi connectivity index (χ1) is 13.5. The molecule has 0 aliphatic heterocycles. The predicted molar refractivity (Wildman–Crippen MR) is 111 cm³/mol. The van der Waals surface area contributed by atoms with Crippen LogP contribution in [0.4, 0.5) is 5.69 Å². The van der Waals surface area contributed by atoms with E-state index in [4.69, 9.17) is 4.74 Å². The predicted octanol–water partition coefficient (Wildman–Crippen LogP) is 3.65. The topological polar surface area (TPSA) is 59.4 Å². The lowest BCUT2D eigenvalue weighted by molar-refractivity contribution is -0.116. The number of nitrogens with one attached hydrogen (secondary N) is 1. The Morgan fingerprint density at radius 2 is 2.04 bits per heavy atom. The van der Waals surface area contributed by atoms with Gasteiger partial charge in [-0.2, -0.15) is 5.10 Å². The van der Waals surface area contributed by atoms with Gasteiger partial charge in [0.1, 0.15) is 5.75 Å². The fourth-order valence-corrected chi connectivity index (χ4v) is 3.00. The van der Waals surface area contributed by atoms with Gasteiger partial charge in [-0.05, 0) is 43.8 Å². The second-order valence-corrected chi connectivity index (χ2v) is 6.87. The van der Waals surface area contributed by atoms with Crippen LogP contribution < -0.4 is 10.1 Å². The Morgan fingerprint density at radius 3 is 2.82 bits per heavy atom. The number of aryl methyl sites for hydroxylation is 1. The van der Waals surface area contributed by atoms with Crippen molar-refractivity contribution >= 4 is 11.6 Å². The number of nitrogens with zero attached hydrogens (tertiary/aromatic N) is 3. The van der Waals surface area contributed by atoms with Gasteiger partial charge >= 0.3 is 0 Å². The number of carbonyl (C=O) groups is 1. The fourth-order valence-electron chi connectivity index (χ4n) is 3.00. The molecule has 0 atom stereocenters. The quantitative estimate of drug-likeness (QED) is 0.650. The van der Waals surface area contributed by atoms with Crippen molar-refractivity contribution in [3.63, 3.8) is 0 Å². The molecule has 1 heterocycles. The molecule has 1 N–H and O–H groups in total. The van der Waals surface area contributed by atoms with Crippen molar-refractivity contribution in [2.24, 2.45) is 0 Å². The summed E-state index contributed by atoms with van der Waals surface area (Å²) in [5.41, 5.74) is 4.05. The van der Waals surface area contributed by atoms with Crippen molar-refractivity contribution in [2.75, 3.05) is 26.0 Å². The molecule has 3 rings (SSSR count). The largest absolute Gasteiger partial charge is 0.495 e. The van der Waals surface area contributed by atoms with Crippen LogP contribution in [-0.4, -0.2) is 41.3 Å². The monoisotopic (exact) mass is 378 g/mol. The van der Waals surface area contributed by atoms with E-state index in [1.165, 1.54) is 5.56 Å². The van der Waals surface area contributed by atoms with Crippen molar-refractivity contribution < 1.29 is 9.53 Å². The highest BCUT2D eigenvalue weighted by molar-refractivity contribution is 5.92. The number of rotatable bonds is 8. The normalized spacial score (nSPS) is 10.9. The van der Waals surface area contributed by atoms with Crippen LogP contribution in [0.1, 0.15) is 17.5 Å². The summed E-state index contributed by atoms with van der Waals surface area (Å²) in [6, 6.07) is 15.6. The van der Waals surface area contributed by atoms with Crippen molar-refractivity contribution in [2.45, 2.75) is 19.9 Å². The molecule has 0 bridgehead atoms. The first-order valence-electron chi connectivity index (χ1n) is 9.27. The summed E-state index contributed by atoms with van der Waals surface area (Å²) in [5.74, 6) is 0.625. The standard InChI is InChI=1S/C22H26N4O2/c1-17-7-6-8-19(13-17)26-16-18(14-23-26)15-25(2)12-11-22(27)24-20-9-4-5-10-21(20)28-3/h4-10,13-14,16H,11-12,15H2,1-3H3,(H,24,27). The van der Waals surface area contributed by atoms with Gasteiger partial charge in [0.05, 0.1) is 24.7 Å². The lowest BCUT2D eigenvalue weighted by Crippen LogP contribution is -2.24. The third-order valence-electron chi connectivity index (χ3n) is 4.46. The summed E-state index contributed by atoms with van der Waals surface area (Å²) in [7, 11) is 3.59. The van der Waals surface area contributed by atoms with E-state index >= 15 is 0 Å². The minimum atomic E-state index is -0.0354. The maximum Gasteiger partial charge on any atom is 0.225 e. The van der Waals surface area contributed by atoms with Crippen LogP contribution >= 0.6 is 0 Å². The van der Waals surface area contributed by atoms with Crippen molar-refractivity contribution in [3.05, 3.63) is 72.1 Å². The van der Waals surface area contributed by atoms with Gasteiger partial charge in [0.15, 0.2) is 0 Å². The van der Waals surface area contributed by atoms with Gasteiger partial charge in [0.25, 0.3) is 0 Å². The zero-order chi connectivity index (χ0) is 19.9. The van der Waals surface area contributed by atoms with Crippen LogP contribution in [0.5, 0.6) is 5.75 Å². The highest BCUT2D eigenvalue weighted by atomic mass is 16.5. The molecular formula is C22H26N4O2. The number of aromatic nitrogens is 2. The number of benzene rings is 2. The number of ether oxygens (including phenoxy) is 1. The smallest absolute Gasteiger partial charge is 0.225 e. The van der Waals surface area contributed by atoms with Gasteiger partial charge in [-0.3, -0.25) is 4.79 Å². The lowest BCUT2D eigenvalue weighted by atomic mass is 10.2. The van der Waals surface area contributed by atoms with Crippen LogP contribution in [0.3, 0.4) is 0 Å². The van der Waals surface area contributed by atoms with Gasteiger partial charge in [-0.25, -0.2) is 4.68 Å². The number of hydrogen-bond donors (Lipinski definition) is 1. The number of para-hydroxylation sites is 2. The van der Waals surface area contributed by atoms with E-state index < -0.39 is 0 Å². The maximum atomic E-state index is 12.2. The molecule has 2 aromatic carbocycles. The van der Waals surface area contributed by atoms with Gasteiger partial charge in [-0.1, -0.05) is 24.3 Å². The summed E-state index contributed by atoms with van der Waals surface area (Å²) < 4.78 is 7.14. The second-order valence-electron chi connectivity index (χ2n) is 6.87. The van der Waals surface area contributed by atoms with E-state index in [1.807, 2.05) is 60.5 Å². The van der Waals surface area contributed by atoms with Gasteiger partial charge in [0.2, 0.25) is 5.91 Å². The van der Waals surface area contributed by atoms with Gasteiger partial charge in [0, 0.05) is 31.3 Å². The SMILES string of the molecule is COc1ccccc1NC(=O)CCN(C)Cc1cnn(-c2cccc(C)c2)c1. The zero-order valence-electron chi connectivity index (χ0n) is 16.6. The van der Waals surface area contributed by atoms with Crippen LogP contribution in [0, 0.1) is 6.92 Å². The molecule has 6 heteroatoms. The van der Waals surface area contributed by atoms with E-state index in [0.717, 1.165) is 17.8 Å². The Bertz CT molecular complexity index is 936. The van der Waals surface area contributed by atoms with Gasteiger partial charge < -0.3 is 15.0 Å². The molecule has 0 unspecified atom stereocenters. The van der Waals surface area contributed by atoms with E-state index in [-0.39, 0.29) is 5.91 Å². The summed E-state index contributed by atoms with van der Waals surface area (Å²) in [6.07, 6.45) is 4.30. The van der Waals surface area contributed by atoms with E-state index in [1.54, 1.807) is 7.11 Å². The zero-order valence-corrected chi connectivity index (χ0v) is 16.6. The van der Waals surface area contributed by atoms with E-state index in [2.05, 4.69) is 34.4 Å². The molecule has 6 nitrogen and oxygen atoms in total. The minimum absolute atomic E-state index is 0.0354. The van der Waals surface area contributed by atoms with E-state index in [9.17, 15) is 4.79 Å². The Balaban J connectivity index is 1.50. The Labute approximate surface area is 165 Å². The summed E-state index contributed by atoms with van der Waals surface area (Å²) in [5, 5.41) is 7.35. The molecule has 3 aromatic rings. The van der Waals surface area contributed by atoms with E-state index in [0.29, 0.717) is 24.4 Å². The Morgan fingerprint density at radius 1 is 1.21 bits per heavy atom. The van der Waals surface area contributed by atoms with Crippen molar-refractivity contribution in [1.82, 2.24) is 14.7 Å². The summed E-state index contributed by atoms with van der Waals surface area (Å²) in [6.45, 7) is 3.45. The molecule has 0 radical (unpaired) electrons. The average Bonchev–Trinajstić information content (AvgIpc) is 3.15. The highest BCUT2D eigenvalue weighted by Gasteiger charge is 2.10. The molecule has 146 valence electrons. The van der Waals surface area contributed by atoms with Crippen LogP contribution in [0.15, 0.2) is 60.9 Å². The molecule has 0 saturated heterocycles. The molecular weight excluding hydrogens is 352 g/mol. The van der Waals surface area contributed by atoms with Crippen LogP contribution in [-0.2, 0) is 11.3 Å². The van der Waals surface area contributed by atoms with Crippen molar-refractivity contribution in [3.8, 4) is 11.4 Å². The van der Waals surface area contributed by atoms with Crippen LogP contribution in [0.25, 0.3) is 5.69 Å². The summed E-state index contributed by atoms with van der Waals surface area (Å²) >= 11 is 0. The highest BCUT2D eigenvalue weighted by Crippen LogP contribution is 2.23. The molecule has 28 heavy (non-hydrogen) atoms. The van der Waals surface area contributed by atoms with Gasteiger partial charge in [-0.15, -0.1) is 0 Å². The molecule has 0 fully saturated rings. The average molecular weight is 378 g/mol. The molecule has 1 aromatic heterocycles. The number of amides is 1. The Hall–Kier alpha value is -3.12. The third kappa shape index (κ3) is 5.20. The Kier molecular flexibility index (Phi) is 6.45. The fraction of sp³-hybridized carbons (Fsp3) is 0.273. The first kappa shape index (κ1) is 19.6. The minimum Gasteiger partial charge on any atom is -0.495 e. The number of anilines is 1. The van der Waals surface area contributed by atoms with Crippen molar-refractivity contribution in [1.29, 1.82) is 0 Å². The molecule has 0 saturated carbocycles. The number of hydrogen-bond acceptors (Lipinski definition) is 4. The molecule has 0 aliphatic rings. The molecule has 1 amide bonds. The maximum absolute atomic E-state index is 12.2. The molecule has 0 spiro atoms. The number of methoxy groups -OCH3 is 1. The molecule has 0 aliphatic carbocycles. The first-order valence-corrected chi connectivity index (χ1v) is 9.27. The summed E-state index contributed by atoms with van der Waals surface area (Å²) in [4.78, 5) is 14.4. The number of carbonyl (C=O) groups excluding carboxylic acids is 1. The second kappa shape index (κ2) is 9.19.